The van der Waals surface area contributed by atoms with Crippen LogP contribution in [-0.4, -0.2) is 152 Å². The summed E-state index contributed by atoms with van der Waals surface area (Å²) in [7, 11) is 5.12. The second-order valence-electron chi connectivity index (χ2n) is 23.6. The van der Waals surface area contributed by atoms with E-state index in [-0.39, 0.29) is 89.8 Å². The molecule has 0 aromatic heterocycles. The first-order chi connectivity index (χ1) is 38.8. The van der Waals surface area contributed by atoms with Crippen molar-refractivity contribution in [2.75, 3.05) is 60.5 Å². The highest BCUT2D eigenvalue weighted by Crippen LogP contribution is 2.36. The van der Waals surface area contributed by atoms with Crippen molar-refractivity contribution < 1.29 is 38.2 Å². The van der Waals surface area contributed by atoms with Crippen molar-refractivity contribution in [3.63, 3.8) is 0 Å². The van der Waals surface area contributed by atoms with Crippen LogP contribution in [0.5, 0.6) is 0 Å². The molecule has 0 spiro atoms. The zero-order valence-corrected chi connectivity index (χ0v) is 48.6. The molecule has 8 rings (SSSR count). The maximum atomic E-state index is 15.0. The quantitative estimate of drug-likeness (QED) is 0.0660. The van der Waals surface area contributed by atoms with E-state index in [0.29, 0.717) is 82.5 Å². The molecule has 0 unspecified atom stereocenters. The lowest BCUT2D eigenvalue weighted by molar-refractivity contribution is -0.142. The van der Waals surface area contributed by atoms with Crippen molar-refractivity contribution >= 4 is 46.1 Å². The summed E-state index contributed by atoms with van der Waals surface area (Å²) in [5.41, 5.74) is 3.20. The van der Waals surface area contributed by atoms with Crippen LogP contribution in [0.3, 0.4) is 0 Å². The van der Waals surface area contributed by atoms with Crippen molar-refractivity contribution in [3.05, 3.63) is 119 Å². The average Bonchev–Trinajstić information content (AvgIpc) is 4.13. The molecule has 4 aromatic carbocycles. The number of amides is 5. The Labute approximate surface area is 476 Å². The molecule has 2 N–H and O–H groups in total. The van der Waals surface area contributed by atoms with Crippen LogP contribution in [-0.2, 0) is 41.5 Å². The summed E-state index contributed by atoms with van der Waals surface area (Å²) in [6, 6.07) is 29.9. The molecule has 2 aliphatic heterocycles. The lowest BCUT2D eigenvalue weighted by Gasteiger charge is -2.37. The molecule has 8 atom stereocenters. The molecule has 4 aromatic rings. The van der Waals surface area contributed by atoms with Crippen LogP contribution in [0.2, 0.25) is 0 Å². The average molecular weight is 1100 g/mol. The lowest BCUT2D eigenvalue weighted by Crippen LogP contribution is -2.56. The first-order valence-corrected chi connectivity index (χ1v) is 30.2. The fraction of sp³-hybridized carbons (Fsp3) is 0.576. The number of likely N-dealkylation sites (tertiary alicyclic amines) is 2. The van der Waals surface area contributed by atoms with E-state index < -0.39 is 12.0 Å². The second kappa shape index (κ2) is 29.1. The maximum Gasteiger partial charge on any atom is 0.253 e. The minimum Gasteiger partial charge on any atom is -0.380 e. The fourth-order valence-corrected chi connectivity index (χ4v) is 13.0. The molecule has 0 bridgehead atoms. The molecule has 4 fully saturated rings. The summed E-state index contributed by atoms with van der Waals surface area (Å²) < 4.78 is 11.9. The van der Waals surface area contributed by atoms with Gasteiger partial charge in [-0.1, -0.05) is 125 Å². The fourth-order valence-electron chi connectivity index (χ4n) is 13.0. The summed E-state index contributed by atoms with van der Waals surface area (Å²) in [5, 5.41) is 7.90. The van der Waals surface area contributed by atoms with Crippen LogP contribution in [0.4, 0.5) is 0 Å². The Bertz CT molecular complexity index is 2510. The number of benzene rings is 4. The molecule has 14 heteroatoms. The minimum atomic E-state index is -0.639. The van der Waals surface area contributed by atoms with Gasteiger partial charge < -0.3 is 39.7 Å². The number of Topliss-reactive ketones (excluding diaryl/α,β-unsaturated/α-hetero) is 1. The molecule has 0 radical (unpaired) electrons. The number of methoxy groups -OCH3 is 2. The summed E-state index contributed by atoms with van der Waals surface area (Å²) in [6.45, 7) is 7.99. The Kier molecular flexibility index (Phi) is 21.9. The highest BCUT2D eigenvalue weighted by Gasteiger charge is 2.45. The number of ether oxygens (including phenoxy) is 2. The Morgan fingerprint density at radius 1 is 0.613 bits per heavy atom. The second-order valence-corrected chi connectivity index (χ2v) is 23.6. The van der Waals surface area contributed by atoms with Crippen LogP contribution in [0.25, 0.3) is 10.8 Å². The number of carbonyl (C=O) groups is 6. The van der Waals surface area contributed by atoms with E-state index in [4.69, 9.17) is 9.47 Å². The number of hydrogen-bond donors (Lipinski definition) is 2. The van der Waals surface area contributed by atoms with Gasteiger partial charge in [0.2, 0.25) is 17.7 Å². The molecule has 5 amide bonds. The van der Waals surface area contributed by atoms with Crippen molar-refractivity contribution in [2.24, 2.45) is 23.7 Å². The van der Waals surface area contributed by atoms with Gasteiger partial charge in [-0.2, -0.15) is 0 Å². The van der Waals surface area contributed by atoms with E-state index >= 15 is 9.59 Å². The zero-order valence-electron chi connectivity index (χ0n) is 48.6. The molecular formula is C66H90N6O8. The Balaban J connectivity index is 1.04. The van der Waals surface area contributed by atoms with Gasteiger partial charge in [0.25, 0.3) is 11.8 Å². The van der Waals surface area contributed by atoms with E-state index in [1.54, 1.807) is 21.3 Å². The van der Waals surface area contributed by atoms with Crippen molar-refractivity contribution in [1.29, 1.82) is 0 Å². The molecule has 2 saturated heterocycles. The third kappa shape index (κ3) is 15.3. The Morgan fingerprint density at radius 2 is 1.07 bits per heavy atom. The Morgan fingerprint density at radius 3 is 1.52 bits per heavy atom. The first kappa shape index (κ1) is 60.1. The first-order valence-electron chi connectivity index (χ1n) is 30.2. The molecule has 2 saturated carbocycles. The number of nitrogens with one attached hydrogen (secondary N) is 2. The van der Waals surface area contributed by atoms with E-state index in [2.05, 4.69) is 34.9 Å². The van der Waals surface area contributed by atoms with Gasteiger partial charge in [0.15, 0.2) is 0 Å². The summed E-state index contributed by atoms with van der Waals surface area (Å²) >= 11 is 0. The maximum absolute atomic E-state index is 15.0. The van der Waals surface area contributed by atoms with Crippen LogP contribution in [0.15, 0.2) is 97.1 Å². The number of nitrogens with zero attached hydrogens (tertiary/aromatic N) is 4. The highest BCUT2D eigenvalue weighted by atomic mass is 16.5. The molecule has 4 aliphatic rings. The van der Waals surface area contributed by atoms with Crippen LogP contribution in [0, 0.1) is 23.7 Å². The lowest BCUT2D eigenvalue weighted by atomic mass is 9.76. The van der Waals surface area contributed by atoms with Gasteiger partial charge in [0, 0.05) is 82.9 Å². The van der Waals surface area contributed by atoms with Crippen LogP contribution < -0.4 is 10.6 Å². The number of likely N-dealkylation sites (N-methyl/N-ethyl adjacent to an activating group) is 1. The van der Waals surface area contributed by atoms with Gasteiger partial charge in [0.1, 0.15) is 11.8 Å². The normalized spacial score (nSPS) is 21.4. The van der Waals surface area contributed by atoms with E-state index in [0.717, 1.165) is 86.1 Å². The molecule has 2 heterocycles. The SMILES string of the molecule is CC[C@@H](C)C(=O)N[C@H](C(=O)N1C[C@H](OC)C[C@H]1CN(CCc1ccccc1)C(=O)c1ccc2cc(C(=O)N(CCc3ccccc3)C[C@@H]3C[C@@H](OC)CN3C(=O)[C@@H](CC(=O)[C@H](C)NC)C3CCCCC3)ccc2c1)C1CCCCC1. The van der Waals surface area contributed by atoms with Crippen molar-refractivity contribution in [3.8, 4) is 0 Å². The predicted molar refractivity (Wildman–Crippen MR) is 314 cm³/mol. The van der Waals surface area contributed by atoms with Crippen LogP contribution >= 0.6 is 0 Å². The minimum absolute atomic E-state index is 0.0118. The van der Waals surface area contributed by atoms with Gasteiger partial charge in [-0.25, -0.2) is 0 Å². The third-order valence-corrected chi connectivity index (χ3v) is 18.4. The number of ketones is 1. The summed E-state index contributed by atoms with van der Waals surface area (Å²) in [4.78, 5) is 94.5. The molecule has 2 aliphatic carbocycles. The summed E-state index contributed by atoms with van der Waals surface area (Å²) in [6.07, 6.45) is 12.9. The van der Waals surface area contributed by atoms with Crippen LogP contribution in [0.1, 0.15) is 143 Å². The zero-order chi connectivity index (χ0) is 56.7. The predicted octanol–water partition coefficient (Wildman–Crippen LogP) is 9.32. The highest BCUT2D eigenvalue weighted by molar-refractivity contribution is 6.02. The third-order valence-electron chi connectivity index (χ3n) is 18.4. The van der Waals surface area contributed by atoms with E-state index in [9.17, 15) is 19.2 Å². The molecule has 14 nitrogen and oxygen atoms in total. The van der Waals surface area contributed by atoms with Gasteiger partial charge in [-0.15, -0.1) is 0 Å². The topological polar surface area (TPSA) is 158 Å². The summed E-state index contributed by atoms with van der Waals surface area (Å²) in [5.74, 6) is -0.947. The number of fused-ring (bicyclic) bond motifs is 1. The number of rotatable bonds is 25. The smallest absolute Gasteiger partial charge is 0.253 e. The molecule has 80 heavy (non-hydrogen) atoms. The number of hydrogen-bond acceptors (Lipinski definition) is 9. The molecular weight excluding hydrogens is 1000 g/mol. The molecule has 432 valence electrons. The standard InChI is InChI=1S/C66H90N6O8/c1-7-45(2)62(74)68-61(50-26-18-11-19-27-50)66(78)72-44-58(80-6)39-56(72)42-70(35-33-48-22-14-9-15-23-48)64(76)54-31-29-51-36-53(30-28-52(51)37-54)63(75)69(34-32-47-20-12-8-13-21-47)41-55-38-57(79-5)43-71(55)65(77)59(40-60(73)46(3)67-4)49-24-16-10-17-25-49/h8-9,12-15,20-23,28-31,36-37,45-46,49-50,55-59,61,67H,7,10-11,16-19,24-27,32-35,38-44H2,1-6H3,(H,68,74)/t45-,46+,55+,56+,57-,58-,59+,61+/m1/s1. The van der Waals surface area contributed by atoms with Gasteiger partial charge >= 0.3 is 0 Å². The van der Waals surface area contributed by atoms with Gasteiger partial charge in [0.05, 0.1) is 30.3 Å². The van der Waals surface area contributed by atoms with Crippen molar-refractivity contribution in [2.45, 2.75) is 160 Å². The largest absolute Gasteiger partial charge is 0.380 e. The Hall–Kier alpha value is -5.96. The van der Waals surface area contributed by atoms with Gasteiger partial charge in [-0.05, 0) is 130 Å². The van der Waals surface area contributed by atoms with E-state index in [1.807, 2.05) is 113 Å². The van der Waals surface area contributed by atoms with Crippen molar-refractivity contribution in [1.82, 2.24) is 30.2 Å². The van der Waals surface area contributed by atoms with E-state index in [1.165, 1.54) is 0 Å². The number of carbonyl (C=O) groups excluding carboxylic acids is 6. The van der Waals surface area contributed by atoms with Gasteiger partial charge in [-0.3, -0.25) is 28.8 Å². The monoisotopic (exact) mass is 1090 g/mol.